The van der Waals surface area contributed by atoms with E-state index in [0.717, 1.165) is 0 Å². The molecule has 0 unspecified atom stereocenters. The van der Waals surface area contributed by atoms with Crippen molar-refractivity contribution in [2.45, 2.75) is 26.6 Å². The Morgan fingerprint density at radius 3 is 2.77 bits per heavy atom. The lowest BCUT2D eigenvalue weighted by molar-refractivity contribution is 0.0656. The van der Waals surface area contributed by atoms with Gasteiger partial charge < -0.3 is 4.74 Å². The standard InChI is InChI=1S/C10H12ClFO/c1-7(2)13-6-8-4-3-5-9(12)10(8)11/h3-5,7H,6H2,1-2H3. The fourth-order valence-electron chi connectivity index (χ4n) is 0.916. The Bertz CT molecular complexity index is 286. The van der Waals surface area contributed by atoms with E-state index < -0.39 is 5.82 Å². The molecule has 0 fully saturated rings. The lowest BCUT2D eigenvalue weighted by atomic mass is 10.2. The van der Waals surface area contributed by atoms with Crippen molar-refractivity contribution in [3.05, 3.63) is 34.6 Å². The molecular weight excluding hydrogens is 191 g/mol. The minimum Gasteiger partial charge on any atom is -0.374 e. The van der Waals surface area contributed by atoms with Gasteiger partial charge in [0.2, 0.25) is 0 Å². The number of rotatable bonds is 3. The van der Waals surface area contributed by atoms with E-state index in [1.807, 2.05) is 13.8 Å². The minimum atomic E-state index is -0.397. The summed E-state index contributed by atoms with van der Waals surface area (Å²) < 4.78 is 18.2. The van der Waals surface area contributed by atoms with Gasteiger partial charge in [0.25, 0.3) is 0 Å². The molecule has 0 aliphatic heterocycles. The van der Waals surface area contributed by atoms with Gasteiger partial charge in [-0.25, -0.2) is 4.39 Å². The lowest BCUT2D eigenvalue weighted by Gasteiger charge is -2.08. The smallest absolute Gasteiger partial charge is 0.142 e. The largest absolute Gasteiger partial charge is 0.374 e. The average Bonchev–Trinajstić information content (AvgIpc) is 2.07. The molecule has 0 heterocycles. The molecule has 0 aromatic heterocycles. The molecule has 0 bridgehead atoms. The maximum absolute atomic E-state index is 12.9. The number of benzene rings is 1. The molecule has 0 amide bonds. The van der Waals surface area contributed by atoms with Gasteiger partial charge in [0.15, 0.2) is 0 Å². The normalized spacial score (nSPS) is 10.8. The number of ether oxygens (including phenoxy) is 1. The maximum atomic E-state index is 12.9. The van der Waals surface area contributed by atoms with E-state index in [4.69, 9.17) is 16.3 Å². The first-order chi connectivity index (χ1) is 6.11. The zero-order valence-electron chi connectivity index (χ0n) is 7.68. The van der Waals surface area contributed by atoms with Gasteiger partial charge >= 0.3 is 0 Å². The van der Waals surface area contributed by atoms with Crippen LogP contribution in [0, 0.1) is 5.82 Å². The van der Waals surface area contributed by atoms with Gasteiger partial charge in [-0.15, -0.1) is 0 Å². The van der Waals surface area contributed by atoms with Gasteiger partial charge in [-0.2, -0.15) is 0 Å². The van der Waals surface area contributed by atoms with E-state index in [-0.39, 0.29) is 11.1 Å². The minimum absolute atomic E-state index is 0.124. The van der Waals surface area contributed by atoms with Gasteiger partial charge in [-0.05, 0) is 25.5 Å². The molecule has 0 aliphatic rings. The third-order valence-electron chi connectivity index (χ3n) is 1.60. The second-order valence-corrected chi connectivity index (χ2v) is 3.45. The molecule has 0 saturated heterocycles. The Morgan fingerprint density at radius 2 is 2.15 bits per heavy atom. The summed E-state index contributed by atoms with van der Waals surface area (Å²) in [5.74, 6) is -0.397. The van der Waals surface area contributed by atoms with E-state index in [9.17, 15) is 4.39 Å². The zero-order valence-corrected chi connectivity index (χ0v) is 8.44. The molecule has 1 aromatic carbocycles. The second kappa shape index (κ2) is 4.58. The number of hydrogen-bond acceptors (Lipinski definition) is 1. The van der Waals surface area contributed by atoms with Crippen molar-refractivity contribution in [1.82, 2.24) is 0 Å². The number of hydrogen-bond donors (Lipinski definition) is 0. The summed E-state index contributed by atoms with van der Waals surface area (Å²) in [6.07, 6.45) is 0.124. The van der Waals surface area contributed by atoms with Crippen LogP contribution in [0.1, 0.15) is 19.4 Å². The molecule has 0 atom stereocenters. The zero-order chi connectivity index (χ0) is 9.84. The van der Waals surface area contributed by atoms with Gasteiger partial charge in [-0.1, -0.05) is 23.7 Å². The van der Waals surface area contributed by atoms with Crippen molar-refractivity contribution in [2.24, 2.45) is 0 Å². The van der Waals surface area contributed by atoms with Crippen LogP contribution in [0.15, 0.2) is 18.2 Å². The summed E-state index contributed by atoms with van der Waals surface area (Å²) in [7, 11) is 0. The summed E-state index contributed by atoms with van der Waals surface area (Å²) in [5.41, 5.74) is 0.690. The molecule has 1 aromatic rings. The van der Waals surface area contributed by atoms with Crippen molar-refractivity contribution in [3.8, 4) is 0 Å². The number of halogens is 2. The van der Waals surface area contributed by atoms with E-state index in [1.165, 1.54) is 6.07 Å². The lowest BCUT2D eigenvalue weighted by Crippen LogP contribution is -2.03. The van der Waals surface area contributed by atoms with Crippen LogP contribution in [0.3, 0.4) is 0 Å². The second-order valence-electron chi connectivity index (χ2n) is 3.07. The Labute approximate surface area is 82.5 Å². The van der Waals surface area contributed by atoms with Gasteiger partial charge in [0, 0.05) is 0 Å². The summed E-state index contributed by atoms with van der Waals surface area (Å²) in [6, 6.07) is 4.72. The predicted octanol–water partition coefficient (Wildman–Crippen LogP) is 3.40. The molecule has 0 radical (unpaired) electrons. The van der Waals surface area contributed by atoms with E-state index in [1.54, 1.807) is 12.1 Å². The van der Waals surface area contributed by atoms with Gasteiger partial charge in [0.1, 0.15) is 5.82 Å². The highest BCUT2D eigenvalue weighted by Crippen LogP contribution is 2.20. The summed E-state index contributed by atoms with van der Waals surface area (Å²) in [6.45, 7) is 4.20. The first-order valence-electron chi connectivity index (χ1n) is 4.15. The third-order valence-corrected chi connectivity index (χ3v) is 2.03. The Kier molecular flexibility index (Phi) is 3.70. The van der Waals surface area contributed by atoms with E-state index in [2.05, 4.69) is 0 Å². The molecular formula is C10H12ClFO. The van der Waals surface area contributed by atoms with Crippen LogP contribution in [0.4, 0.5) is 4.39 Å². The van der Waals surface area contributed by atoms with Crippen molar-refractivity contribution >= 4 is 11.6 Å². The highest BCUT2D eigenvalue weighted by atomic mass is 35.5. The van der Waals surface area contributed by atoms with Crippen LogP contribution in [0.25, 0.3) is 0 Å². The van der Waals surface area contributed by atoms with E-state index in [0.29, 0.717) is 12.2 Å². The quantitative estimate of drug-likeness (QED) is 0.730. The molecule has 3 heteroatoms. The van der Waals surface area contributed by atoms with Crippen LogP contribution in [-0.2, 0) is 11.3 Å². The van der Waals surface area contributed by atoms with Crippen LogP contribution >= 0.6 is 11.6 Å². The van der Waals surface area contributed by atoms with Crippen molar-refractivity contribution in [1.29, 1.82) is 0 Å². The fourth-order valence-corrected chi connectivity index (χ4v) is 1.10. The van der Waals surface area contributed by atoms with Crippen LogP contribution < -0.4 is 0 Å². The highest BCUT2D eigenvalue weighted by Gasteiger charge is 2.05. The monoisotopic (exact) mass is 202 g/mol. The summed E-state index contributed by atoms with van der Waals surface area (Å²) >= 11 is 5.72. The van der Waals surface area contributed by atoms with Gasteiger partial charge in [0.05, 0.1) is 17.7 Å². The molecule has 0 aliphatic carbocycles. The molecule has 1 rings (SSSR count). The Morgan fingerprint density at radius 1 is 1.46 bits per heavy atom. The molecule has 72 valence electrons. The predicted molar refractivity (Wildman–Crippen MR) is 51.3 cm³/mol. The topological polar surface area (TPSA) is 9.23 Å². The third kappa shape index (κ3) is 2.98. The maximum Gasteiger partial charge on any atom is 0.142 e. The Balaban J connectivity index is 2.71. The van der Waals surface area contributed by atoms with Crippen LogP contribution in [-0.4, -0.2) is 6.10 Å². The van der Waals surface area contributed by atoms with E-state index >= 15 is 0 Å². The van der Waals surface area contributed by atoms with Crippen molar-refractivity contribution < 1.29 is 9.13 Å². The molecule has 1 nitrogen and oxygen atoms in total. The summed E-state index contributed by atoms with van der Waals surface area (Å²) in [4.78, 5) is 0. The molecule has 0 N–H and O–H groups in total. The molecule has 0 saturated carbocycles. The molecule has 0 spiro atoms. The summed E-state index contributed by atoms with van der Waals surface area (Å²) in [5, 5.41) is 0.156. The SMILES string of the molecule is CC(C)OCc1cccc(F)c1Cl. The van der Waals surface area contributed by atoms with Crippen LogP contribution in [0.5, 0.6) is 0 Å². The highest BCUT2D eigenvalue weighted by molar-refractivity contribution is 6.31. The molecule has 13 heavy (non-hydrogen) atoms. The first kappa shape index (κ1) is 10.5. The van der Waals surface area contributed by atoms with Gasteiger partial charge in [-0.3, -0.25) is 0 Å². The fraction of sp³-hybridized carbons (Fsp3) is 0.400. The average molecular weight is 203 g/mol. The van der Waals surface area contributed by atoms with Crippen LogP contribution in [0.2, 0.25) is 5.02 Å². The Hall–Kier alpha value is -0.600. The van der Waals surface area contributed by atoms with Crippen molar-refractivity contribution in [2.75, 3.05) is 0 Å². The van der Waals surface area contributed by atoms with Crippen molar-refractivity contribution in [3.63, 3.8) is 0 Å². The first-order valence-corrected chi connectivity index (χ1v) is 4.53.